The first-order valence-electron chi connectivity index (χ1n) is 5.63. The van der Waals surface area contributed by atoms with Gasteiger partial charge in [-0.1, -0.05) is 6.07 Å². The standard InChI is InChI=1S/C12H17N3O.2ClH/c1-9-7-15(8-10(2)14-9)12(16)11-5-3-4-6-13-11;;/h3-6,9-10,14H,7-8H2,1-2H3;2*1H. The monoisotopic (exact) mass is 291 g/mol. The normalized spacial score (nSPS) is 22.7. The molecule has 1 saturated heterocycles. The van der Waals surface area contributed by atoms with Gasteiger partial charge < -0.3 is 10.2 Å². The van der Waals surface area contributed by atoms with Crippen molar-refractivity contribution in [2.24, 2.45) is 0 Å². The molecule has 1 aromatic rings. The fourth-order valence-electron chi connectivity index (χ4n) is 2.14. The van der Waals surface area contributed by atoms with Crippen molar-refractivity contribution in [3.05, 3.63) is 30.1 Å². The average Bonchev–Trinajstić information content (AvgIpc) is 2.28. The molecule has 1 N–H and O–H groups in total. The van der Waals surface area contributed by atoms with E-state index in [0.29, 0.717) is 17.8 Å². The van der Waals surface area contributed by atoms with Gasteiger partial charge in [0.25, 0.3) is 5.91 Å². The molecule has 4 nitrogen and oxygen atoms in total. The Hall–Kier alpha value is -0.840. The molecule has 0 spiro atoms. The van der Waals surface area contributed by atoms with Crippen molar-refractivity contribution in [1.29, 1.82) is 0 Å². The highest BCUT2D eigenvalue weighted by atomic mass is 35.5. The van der Waals surface area contributed by atoms with Gasteiger partial charge in [-0.05, 0) is 26.0 Å². The maximum absolute atomic E-state index is 12.1. The first-order valence-corrected chi connectivity index (χ1v) is 5.63. The molecule has 1 amide bonds. The lowest BCUT2D eigenvalue weighted by Gasteiger charge is -2.35. The first kappa shape index (κ1) is 17.2. The Morgan fingerprint density at radius 3 is 2.39 bits per heavy atom. The van der Waals surface area contributed by atoms with Crippen molar-refractivity contribution in [3.63, 3.8) is 0 Å². The van der Waals surface area contributed by atoms with Crippen LogP contribution in [0.4, 0.5) is 0 Å². The number of amides is 1. The molecule has 6 heteroatoms. The minimum atomic E-state index is 0. The molecule has 1 fully saturated rings. The van der Waals surface area contributed by atoms with Crippen LogP contribution >= 0.6 is 24.8 Å². The Kier molecular flexibility index (Phi) is 7.21. The molecule has 0 aliphatic carbocycles. The third-order valence-electron chi connectivity index (χ3n) is 2.73. The summed E-state index contributed by atoms with van der Waals surface area (Å²) in [4.78, 5) is 18.1. The van der Waals surface area contributed by atoms with Crippen LogP contribution in [0.15, 0.2) is 24.4 Å². The quantitative estimate of drug-likeness (QED) is 0.857. The Bertz CT molecular complexity index is 365. The predicted molar refractivity (Wildman–Crippen MR) is 76.7 cm³/mol. The second-order valence-electron chi connectivity index (χ2n) is 4.39. The van der Waals surface area contributed by atoms with Crippen LogP contribution < -0.4 is 5.32 Å². The van der Waals surface area contributed by atoms with E-state index in [4.69, 9.17) is 0 Å². The van der Waals surface area contributed by atoms with E-state index in [9.17, 15) is 4.79 Å². The van der Waals surface area contributed by atoms with Gasteiger partial charge in [-0.2, -0.15) is 0 Å². The van der Waals surface area contributed by atoms with E-state index >= 15 is 0 Å². The van der Waals surface area contributed by atoms with Crippen molar-refractivity contribution >= 4 is 30.7 Å². The van der Waals surface area contributed by atoms with Gasteiger partial charge >= 0.3 is 0 Å². The number of halogens is 2. The molecule has 2 rings (SSSR count). The summed E-state index contributed by atoms with van der Waals surface area (Å²) < 4.78 is 0. The molecule has 0 radical (unpaired) electrons. The maximum atomic E-state index is 12.1. The number of piperazine rings is 1. The van der Waals surface area contributed by atoms with Crippen LogP contribution in [0.1, 0.15) is 24.3 Å². The number of nitrogens with one attached hydrogen (secondary N) is 1. The zero-order chi connectivity index (χ0) is 11.5. The Labute approximate surface area is 120 Å². The van der Waals surface area contributed by atoms with Crippen molar-refractivity contribution in [2.45, 2.75) is 25.9 Å². The summed E-state index contributed by atoms with van der Waals surface area (Å²) in [6, 6.07) is 6.11. The van der Waals surface area contributed by atoms with E-state index in [-0.39, 0.29) is 30.7 Å². The lowest BCUT2D eigenvalue weighted by molar-refractivity contribution is 0.0668. The summed E-state index contributed by atoms with van der Waals surface area (Å²) in [7, 11) is 0. The molecule has 0 bridgehead atoms. The molecule has 102 valence electrons. The van der Waals surface area contributed by atoms with E-state index < -0.39 is 0 Å². The molecule has 2 atom stereocenters. The smallest absolute Gasteiger partial charge is 0.272 e. The van der Waals surface area contributed by atoms with Crippen molar-refractivity contribution in [1.82, 2.24) is 15.2 Å². The predicted octanol–water partition coefficient (Wildman–Crippen LogP) is 1.75. The summed E-state index contributed by atoms with van der Waals surface area (Å²) in [6.45, 7) is 5.68. The molecule has 1 aliphatic heterocycles. The van der Waals surface area contributed by atoms with Crippen molar-refractivity contribution < 1.29 is 4.79 Å². The molecule has 2 unspecified atom stereocenters. The molecule has 18 heavy (non-hydrogen) atoms. The van der Waals surface area contributed by atoms with E-state index in [1.54, 1.807) is 12.3 Å². The number of nitrogens with zero attached hydrogens (tertiary/aromatic N) is 2. The highest BCUT2D eigenvalue weighted by Gasteiger charge is 2.25. The van der Waals surface area contributed by atoms with Crippen molar-refractivity contribution in [2.75, 3.05) is 13.1 Å². The topological polar surface area (TPSA) is 45.2 Å². The largest absolute Gasteiger partial charge is 0.334 e. The highest BCUT2D eigenvalue weighted by Crippen LogP contribution is 2.08. The minimum Gasteiger partial charge on any atom is -0.334 e. The zero-order valence-electron chi connectivity index (χ0n) is 10.5. The van der Waals surface area contributed by atoms with E-state index in [2.05, 4.69) is 24.1 Å². The fourth-order valence-corrected chi connectivity index (χ4v) is 2.14. The van der Waals surface area contributed by atoms with Gasteiger partial charge in [0, 0.05) is 31.4 Å². The van der Waals surface area contributed by atoms with Crippen LogP contribution in [0.3, 0.4) is 0 Å². The lowest BCUT2D eigenvalue weighted by Crippen LogP contribution is -2.55. The van der Waals surface area contributed by atoms with Crippen LogP contribution in [0.25, 0.3) is 0 Å². The number of aromatic nitrogens is 1. The van der Waals surface area contributed by atoms with Gasteiger partial charge in [-0.15, -0.1) is 24.8 Å². The highest BCUT2D eigenvalue weighted by molar-refractivity contribution is 5.92. The molecular formula is C12H19Cl2N3O. The third kappa shape index (κ3) is 4.12. The Morgan fingerprint density at radius 1 is 1.28 bits per heavy atom. The molecule has 1 aliphatic rings. The summed E-state index contributed by atoms with van der Waals surface area (Å²) >= 11 is 0. The van der Waals surface area contributed by atoms with Gasteiger partial charge in [0.2, 0.25) is 0 Å². The first-order chi connectivity index (χ1) is 7.66. The van der Waals surface area contributed by atoms with Crippen LogP contribution in [-0.2, 0) is 0 Å². The van der Waals surface area contributed by atoms with Crippen LogP contribution in [0.5, 0.6) is 0 Å². The molecule has 0 saturated carbocycles. The summed E-state index contributed by atoms with van der Waals surface area (Å²) in [5, 5.41) is 3.40. The fraction of sp³-hybridized carbons (Fsp3) is 0.500. The number of rotatable bonds is 1. The van der Waals surface area contributed by atoms with Crippen LogP contribution in [-0.4, -0.2) is 41.0 Å². The van der Waals surface area contributed by atoms with Crippen molar-refractivity contribution in [3.8, 4) is 0 Å². The number of hydrogen-bond acceptors (Lipinski definition) is 3. The van der Waals surface area contributed by atoms with Gasteiger partial charge in [-0.3, -0.25) is 9.78 Å². The lowest BCUT2D eigenvalue weighted by atomic mass is 10.1. The number of carbonyl (C=O) groups excluding carboxylic acids is 1. The minimum absolute atomic E-state index is 0. The van der Waals surface area contributed by atoms with E-state index in [1.165, 1.54) is 0 Å². The van der Waals surface area contributed by atoms with Gasteiger partial charge in [0.15, 0.2) is 0 Å². The summed E-state index contributed by atoms with van der Waals surface area (Å²) in [5.74, 6) is 0.0285. The third-order valence-corrected chi connectivity index (χ3v) is 2.73. The number of carbonyl (C=O) groups is 1. The Balaban J connectivity index is 0.00000144. The molecular weight excluding hydrogens is 273 g/mol. The maximum Gasteiger partial charge on any atom is 0.272 e. The summed E-state index contributed by atoms with van der Waals surface area (Å²) in [6.07, 6.45) is 1.66. The molecule has 1 aromatic heterocycles. The molecule has 2 heterocycles. The van der Waals surface area contributed by atoms with Crippen LogP contribution in [0, 0.1) is 0 Å². The number of pyridine rings is 1. The summed E-state index contributed by atoms with van der Waals surface area (Å²) in [5.41, 5.74) is 0.531. The van der Waals surface area contributed by atoms with Gasteiger partial charge in [-0.25, -0.2) is 0 Å². The van der Waals surface area contributed by atoms with E-state index in [1.807, 2.05) is 17.0 Å². The number of hydrogen-bond donors (Lipinski definition) is 1. The second-order valence-corrected chi connectivity index (χ2v) is 4.39. The second kappa shape index (κ2) is 7.56. The van der Waals surface area contributed by atoms with E-state index in [0.717, 1.165) is 13.1 Å². The van der Waals surface area contributed by atoms with Crippen LogP contribution in [0.2, 0.25) is 0 Å². The van der Waals surface area contributed by atoms with Gasteiger partial charge in [0.05, 0.1) is 0 Å². The zero-order valence-corrected chi connectivity index (χ0v) is 12.1. The molecule has 0 aromatic carbocycles. The SMILES string of the molecule is CC1CN(C(=O)c2ccccn2)CC(C)N1.Cl.Cl. The average molecular weight is 292 g/mol. The Morgan fingerprint density at radius 2 is 1.89 bits per heavy atom. The van der Waals surface area contributed by atoms with Gasteiger partial charge in [0.1, 0.15) is 5.69 Å².